The predicted molar refractivity (Wildman–Crippen MR) is 137 cm³/mol. The van der Waals surface area contributed by atoms with Crippen LogP contribution in [0, 0.1) is 11.8 Å². The zero-order valence-corrected chi connectivity index (χ0v) is 21.4. The van der Waals surface area contributed by atoms with Crippen molar-refractivity contribution in [1.82, 2.24) is 9.21 Å². The Kier molecular flexibility index (Phi) is 8.07. The van der Waals surface area contributed by atoms with E-state index < -0.39 is 26.8 Å². The van der Waals surface area contributed by atoms with E-state index in [2.05, 4.69) is 28.9 Å². The maximum Gasteiger partial charge on any atom is 0.323 e. The number of carboxylic acids is 1. The summed E-state index contributed by atoms with van der Waals surface area (Å²) in [5, 5.41) is 10.2. The molecule has 0 aromatic heterocycles. The first-order valence-electron chi connectivity index (χ1n) is 11.6. The van der Waals surface area contributed by atoms with Crippen molar-refractivity contribution in [3.8, 4) is 17.6 Å². The van der Waals surface area contributed by atoms with Crippen LogP contribution in [0.1, 0.15) is 25.3 Å². The van der Waals surface area contributed by atoms with Gasteiger partial charge in [0.15, 0.2) is 0 Å². The molecule has 2 fully saturated rings. The summed E-state index contributed by atoms with van der Waals surface area (Å²) in [6.07, 6.45) is 1.25. The van der Waals surface area contributed by atoms with Gasteiger partial charge in [-0.05, 0) is 62.7 Å². The first-order chi connectivity index (χ1) is 16.9. The highest BCUT2D eigenvalue weighted by atomic mass is 32.2. The number of rotatable bonds is 7. The minimum atomic E-state index is -3.99. The lowest BCUT2D eigenvalue weighted by Crippen LogP contribution is -2.63. The average Bonchev–Trinajstić information content (AvgIpc) is 2.86. The zero-order chi connectivity index (χ0) is 24.9. The lowest BCUT2D eigenvalue weighted by Gasteiger charge is -2.50. The van der Waals surface area contributed by atoms with E-state index in [-0.39, 0.29) is 18.0 Å². The van der Waals surface area contributed by atoms with Crippen molar-refractivity contribution in [1.29, 1.82) is 0 Å². The number of nitrogens with zero attached hydrogens (tertiary/aromatic N) is 2. The Morgan fingerprint density at radius 1 is 1.11 bits per heavy atom. The second-order valence-corrected chi connectivity index (χ2v) is 12.1. The molecule has 2 saturated heterocycles. The first-order valence-corrected chi connectivity index (χ1v) is 14.1. The summed E-state index contributed by atoms with van der Waals surface area (Å²) in [7, 11) is -3.99. The van der Waals surface area contributed by atoms with Crippen molar-refractivity contribution in [3.05, 3.63) is 60.2 Å². The van der Waals surface area contributed by atoms with Crippen LogP contribution in [0.15, 0.2) is 59.5 Å². The largest absolute Gasteiger partial charge is 0.481 e. The zero-order valence-electron chi connectivity index (χ0n) is 19.7. The molecule has 2 heterocycles. The van der Waals surface area contributed by atoms with Gasteiger partial charge < -0.3 is 9.84 Å². The minimum Gasteiger partial charge on any atom is -0.481 e. The van der Waals surface area contributed by atoms with E-state index in [4.69, 9.17) is 4.74 Å². The molecule has 1 N–H and O–H groups in total. The molecule has 4 rings (SSSR count). The summed E-state index contributed by atoms with van der Waals surface area (Å²) in [5.74, 6) is 5.52. The van der Waals surface area contributed by atoms with Crippen LogP contribution < -0.4 is 4.74 Å². The smallest absolute Gasteiger partial charge is 0.323 e. The second kappa shape index (κ2) is 11.0. The molecule has 0 aliphatic carbocycles. The molecule has 1 atom stereocenters. The molecule has 9 heteroatoms. The molecule has 2 aliphatic heterocycles. The number of thioether (sulfide) groups is 1. The van der Waals surface area contributed by atoms with Gasteiger partial charge >= 0.3 is 5.97 Å². The van der Waals surface area contributed by atoms with Crippen LogP contribution in [-0.4, -0.2) is 71.5 Å². The maximum atomic E-state index is 13.6. The van der Waals surface area contributed by atoms with E-state index in [1.807, 2.05) is 18.2 Å². The van der Waals surface area contributed by atoms with Crippen LogP contribution in [0.3, 0.4) is 0 Å². The third kappa shape index (κ3) is 5.67. The van der Waals surface area contributed by atoms with E-state index in [1.165, 1.54) is 22.0 Å². The SMILES string of the molecule is CC#CCOc1ccc(S(=O)(=O)N2CCSC3(CCN(Cc4ccccc4)CC3)C2C(=O)O)cc1. The van der Waals surface area contributed by atoms with Crippen molar-refractivity contribution >= 4 is 27.8 Å². The predicted octanol–water partition coefficient (Wildman–Crippen LogP) is 3.31. The lowest BCUT2D eigenvalue weighted by atomic mass is 9.87. The van der Waals surface area contributed by atoms with E-state index in [9.17, 15) is 18.3 Å². The third-order valence-corrected chi connectivity index (χ3v) is 10.1. The average molecular weight is 515 g/mol. The van der Waals surface area contributed by atoms with Crippen LogP contribution in [0.4, 0.5) is 0 Å². The quantitative estimate of drug-likeness (QED) is 0.567. The summed E-state index contributed by atoms with van der Waals surface area (Å²) in [4.78, 5) is 14.9. The normalized spacial score (nSPS) is 20.7. The highest BCUT2D eigenvalue weighted by Crippen LogP contribution is 2.46. The van der Waals surface area contributed by atoms with Gasteiger partial charge in [-0.1, -0.05) is 36.3 Å². The Morgan fingerprint density at radius 2 is 1.80 bits per heavy atom. The number of sulfonamides is 1. The van der Waals surface area contributed by atoms with E-state index in [0.717, 1.165) is 19.6 Å². The fourth-order valence-electron chi connectivity index (χ4n) is 4.80. The van der Waals surface area contributed by atoms with Gasteiger partial charge in [0.05, 0.1) is 4.90 Å². The topological polar surface area (TPSA) is 87.2 Å². The Bertz CT molecular complexity index is 1180. The highest BCUT2D eigenvalue weighted by molar-refractivity contribution is 8.01. The van der Waals surface area contributed by atoms with Gasteiger partial charge in [0.2, 0.25) is 10.0 Å². The summed E-state index contributed by atoms with van der Waals surface area (Å²) in [5.41, 5.74) is 1.22. The molecule has 0 radical (unpaired) electrons. The van der Waals surface area contributed by atoms with E-state index in [0.29, 0.717) is 24.3 Å². The van der Waals surface area contributed by atoms with Gasteiger partial charge in [0, 0.05) is 23.6 Å². The Morgan fingerprint density at radius 3 is 2.43 bits per heavy atom. The van der Waals surface area contributed by atoms with Gasteiger partial charge in [0.1, 0.15) is 18.4 Å². The summed E-state index contributed by atoms with van der Waals surface area (Å²) >= 11 is 1.61. The molecule has 186 valence electrons. The molecule has 0 bridgehead atoms. The van der Waals surface area contributed by atoms with Gasteiger partial charge in [-0.3, -0.25) is 9.69 Å². The molecule has 2 aliphatic rings. The molecular formula is C26H30N2O5S2. The van der Waals surface area contributed by atoms with Gasteiger partial charge in [-0.2, -0.15) is 16.1 Å². The molecule has 0 saturated carbocycles. The van der Waals surface area contributed by atoms with Gasteiger partial charge in [-0.15, -0.1) is 5.92 Å². The van der Waals surface area contributed by atoms with Crippen LogP contribution in [0.2, 0.25) is 0 Å². The van der Waals surface area contributed by atoms with Crippen LogP contribution >= 0.6 is 11.8 Å². The Balaban J connectivity index is 1.51. The number of carboxylic acid groups (broad SMARTS) is 1. The first kappa shape index (κ1) is 25.6. The number of hydrogen-bond acceptors (Lipinski definition) is 6. The summed E-state index contributed by atoms with van der Waals surface area (Å²) < 4.78 is 33.2. The maximum absolute atomic E-state index is 13.6. The number of piperidine rings is 1. The second-order valence-electron chi connectivity index (χ2n) is 8.72. The van der Waals surface area contributed by atoms with Crippen molar-refractivity contribution in [2.75, 3.05) is 32.0 Å². The lowest BCUT2D eigenvalue weighted by molar-refractivity contribution is -0.143. The van der Waals surface area contributed by atoms with Gasteiger partial charge in [0.25, 0.3) is 0 Å². The van der Waals surface area contributed by atoms with E-state index in [1.54, 1.807) is 30.8 Å². The van der Waals surface area contributed by atoms with E-state index >= 15 is 0 Å². The molecule has 0 amide bonds. The summed E-state index contributed by atoms with van der Waals surface area (Å²) in [6, 6.07) is 15.2. The van der Waals surface area contributed by atoms with Crippen molar-refractivity contribution in [2.45, 2.75) is 42.0 Å². The van der Waals surface area contributed by atoms with Crippen molar-refractivity contribution in [3.63, 3.8) is 0 Å². The molecule has 2 aromatic rings. The molecule has 7 nitrogen and oxygen atoms in total. The van der Waals surface area contributed by atoms with Crippen molar-refractivity contribution < 1.29 is 23.1 Å². The Hall–Kier alpha value is -2.51. The molecule has 1 spiro atoms. The molecule has 2 aromatic carbocycles. The van der Waals surface area contributed by atoms with Crippen LogP contribution in [0.5, 0.6) is 5.75 Å². The third-order valence-electron chi connectivity index (χ3n) is 6.59. The van der Waals surface area contributed by atoms with Crippen LogP contribution in [-0.2, 0) is 21.4 Å². The number of carbonyl (C=O) groups is 1. The number of benzene rings is 2. The Labute approximate surface area is 211 Å². The number of hydrogen-bond donors (Lipinski definition) is 1. The fraction of sp³-hybridized carbons (Fsp3) is 0.423. The monoisotopic (exact) mass is 514 g/mol. The molecule has 1 unspecified atom stereocenters. The minimum absolute atomic E-state index is 0.0706. The standard InChI is InChI=1S/C26H30N2O5S2/c1-2-3-18-33-22-9-11-23(12-10-22)35(31,32)28-17-19-34-26(24(28)25(29)30)13-15-27(16-14-26)20-21-7-5-4-6-8-21/h4-12,24H,13-20H2,1H3,(H,29,30). The molecular weight excluding hydrogens is 484 g/mol. The highest BCUT2D eigenvalue weighted by Gasteiger charge is 2.54. The molecule has 35 heavy (non-hydrogen) atoms. The number of aliphatic carboxylic acids is 1. The van der Waals surface area contributed by atoms with Crippen LogP contribution in [0.25, 0.3) is 0 Å². The number of ether oxygens (including phenoxy) is 1. The van der Waals surface area contributed by atoms with Gasteiger partial charge in [-0.25, -0.2) is 8.42 Å². The fourth-order valence-corrected chi connectivity index (χ4v) is 8.19. The number of likely N-dealkylation sites (tertiary alicyclic amines) is 1. The van der Waals surface area contributed by atoms with Crippen molar-refractivity contribution in [2.24, 2.45) is 0 Å². The summed E-state index contributed by atoms with van der Waals surface area (Å²) in [6.45, 7) is 4.37.